The second-order valence-electron chi connectivity index (χ2n) is 7.28. The Morgan fingerprint density at radius 3 is 2.30 bits per heavy atom. The Labute approximate surface area is 172 Å². The van der Waals surface area contributed by atoms with Crippen LogP contribution in [0.25, 0.3) is 0 Å². The van der Waals surface area contributed by atoms with Gasteiger partial charge in [0, 0.05) is 23.3 Å². The largest absolute Gasteiger partial charge is 0.508 e. The van der Waals surface area contributed by atoms with Gasteiger partial charge in [-0.05, 0) is 33.8 Å². The van der Waals surface area contributed by atoms with Gasteiger partial charge in [0.1, 0.15) is 17.1 Å². The van der Waals surface area contributed by atoms with Crippen LogP contribution in [0.2, 0.25) is 0 Å². The van der Waals surface area contributed by atoms with E-state index in [9.17, 15) is 29.4 Å². The molecule has 0 aromatic carbocycles. The highest BCUT2D eigenvalue weighted by Gasteiger charge is 2.68. The summed E-state index contributed by atoms with van der Waals surface area (Å²) in [4.78, 5) is 48.5. The Bertz CT molecular complexity index is 967. The molecule has 1 amide bonds. The number of hydrogen-bond acceptors (Lipinski definition) is 7. The molecule has 160 valence electrons. The number of aliphatic carboxylic acids is 1. The number of nitrogens with one attached hydrogen (secondary N) is 1. The van der Waals surface area contributed by atoms with Crippen LogP contribution in [0.1, 0.15) is 27.7 Å². The van der Waals surface area contributed by atoms with Gasteiger partial charge in [-0.3, -0.25) is 9.59 Å². The van der Waals surface area contributed by atoms with Gasteiger partial charge in [0.05, 0.1) is 5.92 Å². The number of rotatable bonds is 5. The number of carbonyl (C=O) groups is 4. The number of Topliss-reactive ketones (excluding diaryl/α,β-unsaturated/α-hetero) is 1. The van der Waals surface area contributed by atoms with E-state index in [1.165, 1.54) is 32.9 Å². The van der Waals surface area contributed by atoms with Gasteiger partial charge in [0.2, 0.25) is 11.7 Å². The Morgan fingerprint density at radius 1 is 1.10 bits per heavy atom. The summed E-state index contributed by atoms with van der Waals surface area (Å²) in [6.45, 7) is 5.70. The van der Waals surface area contributed by atoms with Crippen LogP contribution in [-0.4, -0.2) is 50.1 Å². The Morgan fingerprint density at radius 2 is 1.73 bits per heavy atom. The standard InChI is InChI=1S/C21H23NO8/c1-5-6-7-8-12(23)15-16(27)11(2)18(28)21(4)17(15)20(3,19(29)30-21)22-13(24)9-10-14(25)26/h5-10,17,23,27H,1-4H3,(H,22,24)(H,25,26)/b6-5+,8-7+,10-9+,15-12+/t17-,20+,21+/m1/s1. The van der Waals surface area contributed by atoms with Crippen molar-refractivity contribution < 1.29 is 39.2 Å². The number of carboxylic acids is 1. The molecule has 0 bridgehead atoms. The highest BCUT2D eigenvalue weighted by Crippen LogP contribution is 2.51. The van der Waals surface area contributed by atoms with Crippen LogP contribution < -0.4 is 5.32 Å². The van der Waals surface area contributed by atoms with E-state index >= 15 is 0 Å². The van der Waals surface area contributed by atoms with Crippen LogP contribution in [-0.2, 0) is 23.9 Å². The first-order chi connectivity index (χ1) is 13.9. The normalized spacial score (nSPS) is 30.9. The van der Waals surface area contributed by atoms with E-state index in [0.29, 0.717) is 12.2 Å². The lowest BCUT2D eigenvalue weighted by molar-refractivity contribution is -0.157. The van der Waals surface area contributed by atoms with E-state index in [0.717, 1.165) is 0 Å². The predicted octanol–water partition coefficient (Wildman–Crippen LogP) is 1.79. The molecule has 2 rings (SSSR count). The van der Waals surface area contributed by atoms with E-state index < -0.39 is 52.2 Å². The lowest BCUT2D eigenvalue weighted by Crippen LogP contribution is -2.59. The molecule has 0 saturated carbocycles. The number of ether oxygens (including phenoxy) is 1. The van der Waals surface area contributed by atoms with Crippen molar-refractivity contribution in [1.29, 1.82) is 0 Å². The molecular formula is C21H23NO8. The molecule has 0 aromatic heterocycles. The maximum atomic E-state index is 12.9. The van der Waals surface area contributed by atoms with E-state index in [1.807, 2.05) is 0 Å². The van der Waals surface area contributed by atoms with Crippen molar-refractivity contribution in [2.24, 2.45) is 5.92 Å². The molecule has 3 atom stereocenters. The number of hydrogen-bond donors (Lipinski definition) is 4. The molecule has 9 heteroatoms. The SMILES string of the molecule is C/C=C/C=C/C(O)=C1/C(O)=C(C)C(=O)[C@@]2(C)OC(=O)[C@@](C)(NC(=O)/C=C/C(=O)O)[C@@H]12. The number of aliphatic hydroxyl groups excluding tert-OH is 2. The summed E-state index contributed by atoms with van der Waals surface area (Å²) >= 11 is 0. The minimum absolute atomic E-state index is 0.108. The Hall–Kier alpha value is -3.62. The second-order valence-corrected chi connectivity index (χ2v) is 7.28. The summed E-state index contributed by atoms with van der Waals surface area (Å²) in [5.41, 5.74) is -3.93. The number of carbonyl (C=O) groups excluding carboxylic acids is 3. The van der Waals surface area contributed by atoms with Crippen LogP contribution >= 0.6 is 0 Å². The summed E-state index contributed by atoms with van der Waals surface area (Å²) in [6, 6.07) is 0. The lowest BCUT2D eigenvalue weighted by atomic mass is 9.65. The van der Waals surface area contributed by atoms with Gasteiger partial charge < -0.3 is 25.4 Å². The van der Waals surface area contributed by atoms with Crippen LogP contribution in [0.4, 0.5) is 0 Å². The first-order valence-electron chi connectivity index (χ1n) is 9.04. The molecule has 4 N–H and O–H groups in total. The fraction of sp³-hybridized carbons (Fsp3) is 0.333. The fourth-order valence-electron chi connectivity index (χ4n) is 3.77. The Kier molecular flexibility index (Phi) is 6.06. The molecule has 0 aromatic rings. The molecule has 1 aliphatic heterocycles. The van der Waals surface area contributed by atoms with Gasteiger partial charge in [-0.1, -0.05) is 18.2 Å². The van der Waals surface area contributed by atoms with Gasteiger partial charge >= 0.3 is 11.9 Å². The molecule has 1 saturated heterocycles. The third-order valence-electron chi connectivity index (χ3n) is 5.14. The van der Waals surface area contributed by atoms with Gasteiger partial charge in [0.15, 0.2) is 5.60 Å². The number of aliphatic hydroxyl groups is 2. The maximum absolute atomic E-state index is 12.9. The molecule has 9 nitrogen and oxygen atoms in total. The van der Waals surface area contributed by atoms with Crippen LogP contribution in [0, 0.1) is 5.92 Å². The summed E-state index contributed by atoms with van der Waals surface area (Å²) in [7, 11) is 0. The van der Waals surface area contributed by atoms with Crippen molar-refractivity contribution in [2.45, 2.75) is 38.8 Å². The molecule has 30 heavy (non-hydrogen) atoms. The molecule has 0 unspecified atom stereocenters. The zero-order chi connectivity index (χ0) is 22.9. The quantitative estimate of drug-likeness (QED) is 0.229. The van der Waals surface area contributed by atoms with Crippen molar-refractivity contribution in [3.63, 3.8) is 0 Å². The Balaban J connectivity index is 2.69. The average molecular weight is 417 g/mol. The highest BCUT2D eigenvalue weighted by atomic mass is 16.6. The molecule has 1 aliphatic carbocycles. The third kappa shape index (κ3) is 3.66. The lowest BCUT2D eigenvalue weighted by Gasteiger charge is -2.39. The van der Waals surface area contributed by atoms with E-state index in [-0.39, 0.29) is 11.1 Å². The predicted molar refractivity (Wildman–Crippen MR) is 105 cm³/mol. The van der Waals surface area contributed by atoms with E-state index in [4.69, 9.17) is 9.84 Å². The van der Waals surface area contributed by atoms with Gasteiger partial charge in [-0.15, -0.1) is 0 Å². The van der Waals surface area contributed by atoms with Crippen molar-refractivity contribution in [3.8, 4) is 0 Å². The smallest absolute Gasteiger partial charge is 0.333 e. The molecular weight excluding hydrogens is 394 g/mol. The van der Waals surface area contributed by atoms with Crippen molar-refractivity contribution in [2.75, 3.05) is 0 Å². The minimum atomic E-state index is -1.88. The van der Waals surface area contributed by atoms with Crippen LogP contribution in [0.15, 0.2) is 59.1 Å². The first-order valence-corrected chi connectivity index (χ1v) is 9.04. The highest BCUT2D eigenvalue weighted by molar-refractivity contribution is 6.09. The summed E-state index contributed by atoms with van der Waals surface area (Å²) in [6.07, 6.45) is 7.36. The van der Waals surface area contributed by atoms with Gasteiger partial charge in [-0.2, -0.15) is 0 Å². The molecule has 2 aliphatic rings. The molecule has 1 fully saturated rings. The number of allylic oxidation sites excluding steroid dienone is 5. The first kappa shape index (κ1) is 22.7. The minimum Gasteiger partial charge on any atom is -0.508 e. The summed E-state index contributed by atoms with van der Waals surface area (Å²) in [5, 5.41) is 32.3. The number of amides is 1. The van der Waals surface area contributed by atoms with Crippen molar-refractivity contribution in [3.05, 3.63) is 59.1 Å². The second kappa shape index (κ2) is 8.02. The van der Waals surface area contributed by atoms with Gasteiger partial charge in [-0.25, -0.2) is 9.59 Å². The van der Waals surface area contributed by atoms with Gasteiger partial charge in [0.25, 0.3) is 0 Å². The molecule has 0 spiro atoms. The van der Waals surface area contributed by atoms with Crippen LogP contribution in [0.3, 0.4) is 0 Å². The summed E-state index contributed by atoms with van der Waals surface area (Å²) in [5.74, 6) is -6.17. The number of esters is 1. The van der Waals surface area contributed by atoms with E-state index in [1.54, 1.807) is 19.1 Å². The topological polar surface area (TPSA) is 150 Å². The maximum Gasteiger partial charge on any atom is 0.333 e. The number of fused-ring (bicyclic) bond motifs is 1. The van der Waals surface area contributed by atoms with Crippen LogP contribution in [0.5, 0.6) is 0 Å². The average Bonchev–Trinajstić information content (AvgIpc) is 2.86. The van der Waals surface area contributed by atoms with Crippen molar-refractivity contribution >= 4 is 23.6 Å². The fourth-order valence-corrected chi connectivity index (χ4v) is 3.77. The molecule has 1 heterocycles. The third-order valence-corrected chi connectivity index (χ3v) is 5.14. The van der Waals surface area contributed by atoms with E-state index in [2.05, 4.69) is 5.32 Å². The monoisotopic (exact) mass is 417 g/mol. The molecule has 0 radical (unpaired) electrons. The number of carboxylic acid groups (broad SMARTS) is 1. The zero-order valence-corrected chi connectivity index (χ0v) is 16.9. The van der Waals surface area contributed by atoms with Crippen molar-refractivity contribution in [1.82, 2.24) is 5.32 Å². The zero-order valence-electron chi connectivity index (χ0n) is 16.9. The number of ketones is 1. The summed E-state index contributed by atoms with van der Waals surface area (Å²) < 4.78 is 5.36.